The van der Waals surface area contributed by atoms with Crippen molar-refractivity contribution in [3.8, 4) is 0 Å². The van der Waals surface area contributed by atoms with Crippen LogP contribution < -0.4 is 5.76 Å². The second-order valence-corrected chi connectivity index (χ2v) is 8.66. The summed E-state index contributed by atoms with van der Waals surface area (Å²) >= 11 is 0. The van der Waals surface area contributed by atoms with Crippen LogP contribution in [0.2, 0.25) is 0 Å². The van der Waals surface area contributed by atoms with Crippen LogP contribution in [0.4, 0.5) is 8.78 Å². The number of aromatic nitrogens is 1. The van der Waals surface area contributed by atoms with E-state index in [1.807, 2.05) is 6.07 Å². The van der Waals surface area contributed by atoms with Crippen LogP contribution in [0.15, 0.2) is 82.0 Å². The first-order chi connectivity index (χ1) is 17.0. The fraction of sp³-hybridized carbons (Fsp3) is 0.259. The number of amides is 1. The lowest BCUT2D eigenvalue weighted by Crippen LogP contribution is -2.50. The van der Waals surface area contributed by atoms with E-state index in [0.717, 1.165) is 11.1 Å². The number of nitrogens with zero attached hydrogens (tertiary/aromatic N) is 3. The van der Waals surface area contributed by atoms with E-state index >= 15 is 0 Å². The van der Waals surface area contributed by atoms with Gasteiger partial charge in [-0.3, -0.25) is 14.3 Å². The van der Waals surface area contributed by atoms with Crippen LogP contribution in [0.1, 0.15) is 23.6 Å². The number of aryl methyl sites for hydroxylation is 1. The lowest BCUT2D eigenvalue weighted by Gasteiger charge is -2.40. The molecule has 0 bridgehead atoms. The molecule has 6 nitrogen and oxygen atoms in total. The highest BCUT2D eigenvalue weighted by molar-refractivity contribution is 5.77. The zero-order chi connectivity index (χ0) is 24.4. The summed E-state index contributed by atoms with van der Waals surface area (Å²) in [6.07, 6.45) is 0.197. The summed E-state index contributed by atoms with van der Waals surface area (Å²) < 4.78 is 33.8. The number of fused-ring (bicyclic) bond motifs is 1. The van der Waals surface area contributed by atoms with Gasteiger partial charge in [0.2, 0.25) is 5.91 Å². The Labute approximate surface area is 201 Å². The van der Waals surface area contributed by atoms with Crippen molar-refractivity contribution in [3.05, 3.63) is 106 Å². The van der Waals surface area contributed by atoms with Crippen molar-refractivity contribution < 1.29 is 18.0 Å². The molecule has 3 aromatic carbocycles. The molecule has 0 N–H and O–H groups in total. The van der Waals surface area contributed by atoms with Crippen molar-refractivity contribution in [2.45, 2.75) is 19.0 Å². The lowest BCUT2D eigenvalue weighted by molar-refractivity contribution is -0.133. The van der Waals surface area contributed by atoms with Gasteiger partial charge < -0.3 is 9.32 Å². The van der Waals surface area contributed by atoms with Gasteiger partial charge in [0.25, 0.3) is 0 Å². The van der Waals surface area contributed by atoms with Gasteiger partial charge >= 0.3 is 5.76 Å². The fourth-order valence-electron chi connectivity index (χ4n) is 4.73. The van der Waals surface area contributed by atoms with Crippen LogP contribution in [-0.2, 0) is 11.3 Å². The van der Waals surface area contributed by atoms with E-state index < -0.39 is 5.76 Å². The Bertz CT molecular complexity index is 1330. The Kier molecular flexibility index (Phi) is 6.46. The molecule has 35 heavy (non-hydrogen) atoms. The number of carbonyl (C=O) groups excluding carboxylic acids is 1. The highest BCUT2D eigenvalue weighted by Crippen LogP contribution is 2.30. The zero-order valence-electron chi connectivity index (χ0n) is 19.1. The van der Waals surface area contributed by atoms with Gasteiger partial charge in [0.15, 0.2) is 5.58 Å². The van der Waals surface area contributed by atoms with Crippen molar-refractivity contribution in [1.82, 2.24) is 14.4 Å². The predicted molar refractivity (Wildman–Crippen MR) is 128 cm³/mol. The average Bonchev–Trinajstić information content (AvgIpc) is 3.20. The lowest BCUT2D eigenvalue weighted by atomic mass is 9.96. The van der Waals surface area contributed by atoms with Crippen LogP contribution in [-0.4, -0.2) is 46.5 Å². The van der Waals surface area contributed by atoms with Gasteiger partial charge in [-0.25, -0.2) is 13.6 Å². The molecule has 0 radical (unpaired) electrons. The number of hydrogen-bond acceptors (Lipinski definition) is 4. The highest BCUT2D eigenvalue weighted by atomic mass is 19.1. The summed E-state index contributed by atoms with van der Waals surface area (Å²) in [5.74, 6) is -1.12. The molecule has 1 aliphatic heterocycles. The highest BCUT2D eigenvalue weighted by Gasteiger charge is 2.28. The maximum atomic E-state index is 13.5. The molecular weight excluding hydrogens is 452 g/mol. The second-order valence-electron chi connectivity index (χ2n) is 8.66. The molecule has 0 aliphatic carbocycles. The molecule has 0 spiro atoms. The third-order valence-electron chi connectivity index (χ3n) is 6.53. The maximum Gasteiger partial charge on any atom is 0.419 e. The van der Waals surface area contributed by atoms with Gasteiger partial charge in [-0.1, -0.05) is 36.4 Å². The van der Waals surface area contributed by atoms with E-state index in [-0.39, 0.29) is 36.5 Å². The first-order valence-corrected chi connectivity index (χ1v) is 11.6. The van der Waals surface area contributed by atoms with Crippen LogP contribution in [0.25, 0.3) is 11.1 Å². The molecule has 5 rings (SSSR count). The quantitative estimate of drug-likeness (QED) is 0.418. The van der Waals surface area contributed by atoms with Gasteiger partial charge in [-0.05, 0) is 47.5 Å². The SMILES string of the molecule is O=C(CCn1c(=O)oc2ccccc21)N1CCN(C(c2ccc(F)cc2)c2ccc(F)cc2)CC1. The second kappa shape index (κ2) is 9.84. The average molecular weight is 478 g/mol. The van der Waals surface area contributed by atoms with Crippen molar-refractivity contribution in [2.75, 3.05) is 26.2 Å². The van der Waals surface area contributed by atoms with Crippen molar-refractivity contribution in [1.29, 1.82) is 0 Å². The topological polar surface area (TPSA) is 58.7 Å². The summed E-state index contributed by atoms with van der Waals surface area (Å²) in [7, 11) is 0. The fourth-order valence-corrected chi connectivity index (χ4v) is 4.73. The van der Waals surface area contributed by atoms with E-state index in [9.17, 15) is 18.4 Å². The van der Waals surface area contributed by atoms with Gasteiger partial charge in [-0.15, -0.1) is 0 Å². The monoisotopic (exact) mass is 477 g/mol. The normalized spacial score (nSPS) is 14.7. The third-order valence-corrected chi connectivity index (χ3v) is 6.53. The minimum atomic E-state index is -0.467. The molecule has 1 saturated heterocycles. The van der Waals surface area contributed by atoms with E-state index in [1.165, 1.54) is 28.8 Å². The van der Waals surface area contributed by atoms with Gasteiger partial charge in [0.1, 0.15) is 11.6 Å². The minimum Gasteiger partial charge on any atom is -0.408 e. The first kappa shape index (κ1) is 23.0. The molecule has 0 saturated carbocycles. The largest absolute Gasteiger partial charge is 0.419 e. The Balaban J connectivity index is 1.26. The number of carbonyl (C=O) groups is 1. The molecule has 4 aromatic rings. The van der Waals surface area contributed by atoms with E-state index in [0.29, 0.717) is 37.3 Å². The Morgan fingerprint density at radius 2 is 1.40 bits per heavy atom. The Morgan fingerprint density at radius 3 is 2.00 bits per heavy atom. The molecule has 8 heteroatoms. The number of rotatable bonds is 6. The zero-order valence-corrected chi connectivity index (χ0v) is 19.1. The summed E-state index contributed by atoms with van der Waals surface area (Å²) in [6, 6.07) is 19.6. The molecule has 1 fully saturated rings. The van der Waals surface area contributed by atoms with E-state index in [1.54, 1.807) is 47.4 Å². The van der Waals surface area contributed by atoms with Crippen LogP contribution >= 0.6 is 0 Å². The van der Waals surface area contributed by atoms with Gasteiger partial charge in [0, 0.05) is 39.1 Å². The number of benzene rings is 3. The molecular formula is C27H25F2N3O3. The number of hydrogen-bond donors (Lipinski definition) is 0. The van der Waals surface area contributed by atoms with Crippen molar-refractivity contribution in [2.24, 2.45) is 0 Å². The Morgan fingerprint density at radius 1 is 0.829 bits per heavy atom. The van der Waals surface area contributed by atoms with E-state index in [4.69, 9.17) is 4.42 Å². The summed E-state index contributed by atoms with van der Waals surface area (Å²) in [5.41, 5.74) is 3.00. The predicted octanol–water partition coefficient (Wildman–Crippen LogP) is 4.20. The smallest absolute Gasteiger partial charge is 0.408 e. The molecule has 2 heterocycles. The maximum absolute atomic E-state index is 13.5. The van der Waals surface area contributed by atoms with Gasteiger partial charge in [0.05, 0.1) is 11.6 Å². The number of oxazole rings is 1. The summed E-state index contributed by atoms with van der Waals surface area (Å²) in [4.78, 5) is 29.1. The molecule has 0 unspecified atom stereocenters. The number of piperazine rings is 1. The molecule has 180 valence electrons. The molecule has 1 aliphatic rings. The summed E-state index contributed by atoms with van der Waals surface area (Å²) in [6.45, 7) is 2.53. The van der Waals surface area contributed by atoms with E-state index in [2.05, 4.69) is 4.90 Å². The van der Waals surface area contributed by atoms with Crippen LogP contribution in [0.5, 0.6) is 0 Å². The van der Waals surface area contributed by atoms with Gasteiger partial charge in [-0.2, -0.15) is 0 Å². The van der Waals surface area contributed by atoms with Crippen molar-refractivity contribution >= 4 is 17.0 Å². The third kappa shape index (κ3) is 4.88. The Hall–Kier alpha value is -3.78. The van der Waals surface area contributed by atoms with Crippen LogP contribution in [0.3, 0.4) is 0 Å². The minimum absolute atomic E-state index is 0.0260. The molecule has 0 atom stereocenters. The molecule has 1 aromatic heterocycles. The standard InChI is InChI=1S/C27H25F2N3O3/c28-21-9-5-19(6-10-21)26(20-7-11-22(29)12-8-20)31-17-15-30(16-18-31)25(33)13-14-32-23-3-1-2-4-24(23)35-27(32)34/h1-12,26H,13-18H2. The summed E-state index contributed by atoms with van der Waals surface area (Å²) in [5, 5.41) is 0. The number of halogens is 2. The molecule has 1 amide bonds. The number of para-hydroxylation sites is 2. The van der Waals surface area contributed by atoms with Crippen LogP contribution in [0, 0.1) is 11.6 Å². The van der Waals surface area contributed by atoms with Crippen molar-refractivity contribution in [3.63, 3.8) is 0 Å². The first-order valence-electron chi connectivity index (χ1n) is 11.6.